The van der Waals surface area contributed by atoms with E-state index >= 15 is 0 Å². The third-order valence-corrected chi connectivity index (χ3v) is 4.25. The molecule has 6 nitrogen and oxygen atoms in total. The zero-order valence-corrected chi connectivity index (χ0v) is 14.5. The molecule has 2 heterocycles. The Morgan fingerprint density at radius 3 is 2.67 bits per heavy atom. The van der Waals surface area contributed by atoms with E-state index in [1.165, 1.54) is 5.56 Å². The number of ether oxygens (including phenoxy) is 2. The largest absolute Gasteiger partial charge is 0.497 e. The van der Waals surface area contributed by atoms with Crippen molar-refractivity contribution in [1.82, 2.24) is 19.7 Å². The molecule has 1 aromatic carbocycles. The monoisotopic (exact) mass is 326 g/mol. The number of benzene rings is 1. The molecule has 0 aliphatic rings. The van der Waals surface area contributed by atoms with E-state index in [1.54, 1.807) is 14.2 Å². The fraction of sp³-hybridized carbons (Fsp3) is 0.333. The summed E-state index contributed by atoms with van der Waals surface area (Å²) in [6.45, 7) is 4.91. The number of hydrogen-bond acceptors (Lipinski definition) is 4. The second-order valence-electron chi connectivity index (χ2n) is 5.67. The van der Waals surface area contributed by atoms with E-state index in [2.05, 4.69) is 26.7 Å². The number of aryl methyl sites for hydroxylation is 3. The van der Waals surface area contributed by atoms with Crippen LogP contribution in [-0.4, -0.2) is 34.0 Å². The van der Waals surface area contributed by atoms with Crippen LogP contribution >= 0.6 is 0 Å². The van der Waals surface area contributed by atoms with E-state index in [9.17, 15) is 0 Å². The van der Waals surface area contributed by atoms with Crippen molar-refractivity contribution in [3.63, 3.8) is 0 Å². The lowest BCUT2D eigenvalue weighted by atomic mass is 10.1. The van der Waals surface area contributed by atoms with Gasteiger partial charge in [-0.2, -0.15) is 5.10 Å². The minimum atomic E-state index is 0.748. The fourth-order valence-electron chi connectivity index (χ4n) is 2.89. The minimum Gasteiger partial charge on any atom is -0.497 e. The van der Waals surface area contributed by atoms with Gasteiger partial charge in [0.05, 0.1) is 25.5 Å². The molecule has 0 fully saturated rings. The average molecular weight is 326 g/mol. The van der Waals surface area contributed by atoms with Gasteiger partial charge >= 0.3 is 0 Å². The number of rotatable bonds is 6. The highest BCUT2D eigenvalue weighted by molar-refractivity contribution is 5.66. The summed E-state index contributed by atoms with van der Waals surface area (Å²) < 4.78 is 12.9. The number of methoxy groups -OCH3 is 2. The summed E-state index contributed by atoms with van der Waals surface area (Å²) in [5, 5.41) is 7.29. The molecular weight excluding hydrogens is 304 g/mol. The number of aromatic nitrogens is 4. The van der Waals surface area contributed by atoms with E-state index in [1.807, 2.05) is 37.5 Å². The van der Waals surface area contributed by atoms with Crippen LogP contribution in [0.25, 0.3) is 11.4 Å². The molecule has 0 atom stereocenters. The smallest absolute Gasteiger partial charge is 0.143 e. The van der Waals surface area contributed by atoms with Crippen molar-refractivity contribution in [3.05, 3.63) is 47.5 Å². The van der Waals surface area contributed by atoms with E-state index in [4.69, 9.17) is 9.47 Å². The zero-order chi connectivity index (χ0) is 17.1. The van der Waals surface area contributed by atoms with Gasteiger partial charge in [-0.25, -0.2) is 4.98 Å². The van der Waals surface area contributed by atoms with Crippen molar-refractivity contribution < 1.29 is 9.47 Å². The van der Waals surface area contributed by atoms with Crippen LogP contribution in [0, 0.1) is 13.8 Å². The lowest BCUT2D eigenvalue weighted by molar-refractivity contribution is 0.395. The van der Waals surface area contributed by atoms with Crippen molar-refractivity contribution in [3.8, 4) is 22.9 Å². The molecule has 0 spiro atoms. The van der Waals surface area contributed by atoms with Gasteiger partial charge in [0.25, 0.3) is 0 Å². The summed E-state index contributed by atoms with van der Waals surface area (Å²) in [5.41, 5.74) is 4.38. The third-order valence-electron chi connectivity index (χ3n) is 4.25. The Labute approximate surface area is 141 Å². The van der Waals surface area contributed by atoms with Gasteiger partial charge < -0.3 is 14.0 Å². The Kier molecular flexibility index (Phi) is 4.55. The van der Waals surface area contributed by atoms with Crippen LogP contribution in [0.5, 0.6) is 11.5 Å². The van der Waals surface area contributed by atoms with Crippen LogP contribution in [-0.2, 0) is 13.0 Å². The van der Waals surface area contributed by atoms with E-state index in [0.29, 0.717) is 0 Å². The Balaban J connectivity index is 1.88. The SMILES string of the molecule is COc1ccc(-c2nccn2CCc2c(C)n[nH]c2C)c(OC)c1. The highest BCUT2D eigenvalue weighted by Gasteiger charge is 2.14. The Hall–Kier alpha value is -2.76. The summed E-state index contributed by atoms with van der Waals surface area (Å²) in [5.74, 6) is 2.39. The molecule has 126 valence electrons. The normalized spacial score (nSPS) is 10.8. The highest BCUT2D eigenvalue weighted by Crippen LogP contribution is 2.32. The van der Waals surface area contributed by atoms with E-state index in [-0.39, 0.29) is 0 Å². The van der Waals surface area contributed by atoms with Crippen molar-refractivity contribution >= 4 is 0 Å². The molecule has 2 aromatic heterocycles. The molecule has 24 heavy (non-hydrogen) atoms. The molecule has 0 saturated heterocycles. The van der Waals surface area contributed by atoms with Crippen molar-refractivity contribution in [2.24, 2.45) is 0 Å². The molecular formula is C18H22N4O2. The van der Waals surface area contributed by atoms with Crippen LogP contribution in [0.2, 0.25) is 0 Å². The van der Waals surface area contributed by atoms with Gasteiger partial charge in [-0.1, -0.05) is 0 Å². The van der Waals surface area contributed by atoms with Gasteiger partial charge in [0.2, 0.25) is 0 Å². The Morgan fingerprint density at radius 1 is 1.17 bits per heavy atom. The van der Waals surface area contributed by atoms with Crippen molar-refractivity contribution in [2.45, 2.75) is 26.8 Å². The quantitative estimate of drug-likeness (QED) is 0.756. The second-order valence-corrected chi connectivity index (χ2v) is 5.67. The summed E-state index contributed by atoms with van der Waals surface area (Å²) in [6.07, 6.45) is 4.70. The van der Waals surface area contributed by atoms with Crippen LogP contribution in [0.15, 0.2) is 30.6 Å². The number of aromatic amines is 1. The minimum absolute atomic E-state index is 0.748. The van der Waals surface area contributed by atoms with Gasteiger partial charge in [0.15, 0.2) is 0 Å². The van der Waals surface area contributed by atoms with Crippen LogP contribution in [0.4, 0.5) is 0 Å². The first-order valence-electron chi connectivity index (χ1n) is 7.88. The molecule has 0 saturated carbocycles. The molecule has 0 bridgehead atoms. The van der Waals surface area contributed by atoms with Crippen molar-refractivity contribution in [2.75, 3.05) is 14.2 Å². The fourth-order valence-corrected chi connectivity index (χ4v) is 2.89. The van der Waals surface area contributed by atoms with Gasteiger partial charge in [-0.3, -0.25) is 5.10 Å². The van der Waals surface area contributed by atoms with Gasteiger partial charge in [0.1, 0.15) is 17.3 Å². The molecule has 6 heteroatoms. The van der Waals surface area contributed by atoms with E-state index < -0.39 is 0 Å². The summed E-state index contributed by atoms with van der Waals surface area (Å²) in [7, 11) is 3.30. The maximum absolute atomic E-state index is 5.51. The number of nitrogens with one attached hydrogen (secondary N) is 1. The topological polar surface area (TPSA) is 65.0 Å². The van der Waals surface area contributed by atoms with Crippen LogP contribution in [0.1, 0.15) is 17.0 Å². The number of nitrogens with zero attached hydrogens (tertiary/aromatic N) is 3. The van der Waals surface area contributed by atoms with Crippen LogP contribution in [0.3, 0.4) is 0 Å². The van der Waals surface area contributed by atoms with Gasteiger partial charge in [-0.15, -0.1) is 0 Å². The predicted molar refractivity (Wildman–Crippen MR) is 92.5 cm³/mol. The maximum atomic E-state index is 5.51. The highest BCUT2D eigenvalue weighted by atomic mass is 16.5. The predicted octanol–water partition coefficient (Wildman–Crippen LogP) is 3.15. The van der Waals surface area contributed by atoms with E-state index in [0.717, 1.165) is 47.2 Å². The number of H-pyrrole nitrogens is 1. The van der Waals surface area contributed by atoms with Crippen LogP contribution < -0.4 is 9.47 Å². The molecule has 0 aliphatic carbocycles. The lowest BCUT2D eigenvalue weighted by Gasteiger charge is -2.12. The maximum Gasteiger partial charge on any atom is 0.143 e. The first-order valence-corrected chi connectivity index (χ1v) is 7.88. The molecule has 3 rings (SSSR count). The second kappa shape index (κ2) is 6.78. The standard InChI is InChI=1S/C18H22N4O2/c1-12-15(13(2)21-20-12)7-9-22-10-8-19-18(22)16-6-5-14(23-3)11-17(16)24-4/h5-6,8,10-11H,7,9H2,1-4H3,(H,20,21). The third kappa shape index (κ3) is 2.99. The van der Waals surface area contributed by atoms with Crippen molar-refractivity contribution in [1.29, 1.82) is 0 Å². The summed E-state index contributed by atoms with van der Waals surface area (Å²) >= 11 is 0. The lowest BCUT2D eigenvalue weighted by Crippen LogP contribution is -2.04. The average Bonchev–Trinajstić information content (AvgIpc) is 3.19. The molecule has 0 aliphatic heterocycles. The first-order chi connectivity index (χ1) is 11.6. The van der Waals surface area contributed by atoms with Gasteiger partial charge in [0, 0.05) is 30.7 Å². The molecule has 0 amide bonds. The molecule has 0 radical (unpaired) electrons. The Morgan fingerprint density at radius 2 is 2.00 bits per heavy atom. The summed E-state index contributed by atoms with van der Waals surface area (Å²) in [6, 6.07) is 5.77. The number of hydrogen-bond donors (Lipinski definition) is 1. The first kappa shape index (κ1) is 16.1. The Bertz CT molecular complexity index is 816. The zero-order valence-electron chi connectivity index (χ0n) is 14.5. The summed E-state index contributed by atoms with van der Waals surface area (Å²) in [4.78, 5) is 4.51. The number of imidazole rings is 1. The molecule has 1 N–H and O–H groups in total. The van der Waals surface area contributed by atoms with Gasteiger partial charge in [-0.05, 0) is 38.0 Å². The molecule has 3 aromatic rings. The molecule has 0 unspecified atom stereocenters.